The maximum absolute atomic E-state index is 12.3. The van der Waals surface area contributed by atoms with Crippen molar-refractivity contribution < 1.29 is 48.9 Å². The Bertz CT molecular complexity index is 1050. The van der Waals surface area contributed by atoms with Crippen LogP contribution in [0, 0.1) is 27.7 Å². The van der Waals surface area contributed by atoms with E-state index in [-0.39, 0.29) is 31.3 Å². The number of likely N-dealkylation sites (tertiary alicyclic amines) is 2. The molecule has 2 aromatic carbocycles. The van der Waals surface area contributed by atoms with Crippen molar-refractivity contribution in [3.8, 4) is 0 Å². The van der Waals surface area contributed by atoms with E-state index in [2.05, 4.69) is 0 Å². The molecule has 2 aliphatic heterocycles. The Labute approximate surface area is 230 Å². The molecular weight excluding hydrogens is 563 g/mol. The number of aryl methyl sites for hydroxylation is 4. The number of carboxylic acid groups (broad SMARTS) is 2. The molecule has 37 heavy (non-hydrogen) atoms. The van der Waals surface area contributed by atoms with Crippen LogP contribution in [0.3, 0.4) is 0 Å². The van der Waals surface area contributed by atoms with E-state index in [9.17, 15) is 19.2 Å². The third kappa shape index (κ3) is 7.48. The van der Waals surface area contributed by atoms with Gasteiger partial charge >= 0.3 is 11.9 Å². The predicted molar refractivity (Wildman–Crippen MR) is 135 cm³/mol. The summed E-state index contributed by atoms with van der Waals surface area (Å²) in [6.07, 6.45) is 2.61. The summed E-state index contributed by atoms with van der Waals surface area (Å²) in [5.41, 5.74) is 5.24. The number of hydrogen-bond acceptors (Lipinski definition) is 4. The first kappa shape index (κ1) is 30.2. The van der Waals surface area contributed by atoms with Gasteiger partial charge in [0.2, 0.25) is 0 Å². The van der Waals surface area contributed by atoms with Crippen molar-refractivity contribution >= 4 is 23.8 Å². The molecule has 1 radical (unpaired) electrons. The Morgan fingerprint density at radius 3 is 1.19 bits per heavy atom. The van der Waals surface area contributed by atoms with Crippen molar-refractivity contribution in [1.29, 1.82) is 0 Å². The first-order chi connectivity index (χ1) is 17.0. The quantitative estimate of drug-likeness (QED) is 0.516. The van der Waals surface area contributed by atoms with E-state index in [1.165, 1.54) is 9.80 Å². The summed E-state index contributed by atoms with van der Waals surface area (Å²) in [7, 11) is 0. The minimum atomic E-state index is -0.912. The van der Waals surface area contributed by atoms with Crippen LogP contribution < -0.4 is 0 Å². The summed E-state index contributed by atoms with van der Waals surface area (Å²) in [4.78, 5) is 49.8. The van der Waals surface area contributed by atoms with Crippen LogP contribution >= 0.6 is 0 Å². The zero-order chi connectivity index (χ0) is 26.6. The number of amides is 2. The number of hydrogen-bond donors (Lipinski definition) is 2. The number of benzene rings is 2. The fraction of sp³-hybridized carbons (Fsp3) is 0.429. The summed E-state index contributed by atoms with van der Waals surface area (Å²) in [6, 6.07) is 9.90. The Morgan fingerprint density at radius 1 is 0.622 bits per heavy atom. The standard InChI is InChI=1S/2C14H17NO3.Rh/c2*1-9-6-10(2)8-11(7-9)13(16)15-5-3-4-12(15)14(17)18;/h2*6-8,12H,3-5H2,1-2H3,(H,17,18);/t2*12-;/m00./s1. The average Bonchev–Trinajstić information content (AvgIpc) is 3.47. The van der Waals surface area contributed by atoms with Gasteiger partial charge in [-0.15, -0.1) is 0 Å². The summed E-state index contributed by atoms with van der Waals surface area (Å²) >= 11 is 0. The Balaban J connectivity index is 0.000000253. The van der Waals surface area contributed by atoms with Gasteiger partial charge in [-0.2, -0.15) is 0 Å². The molecule has 0 aromatic heterocycles. The van der Waals surface area contributed by atoms with Crippen molar-refractivity contribution in [2.24, 2.45) is 0 Å². The molecule has 9 heteroatoms. The molecule has 0 aliphatic carbocycles. The van der Waals surface area contributed by atoms with Crippen molar-refractivity contribution in [2.75, 3.05) is 13.1 Å². The van der Waals surface area contributed by atoms with Crippen molar-refractivity contribution in [2.45, 2.75) is 65.5 Å². The SMILES string of the molecule is Cc1cc(C)cc(C(=O)N2CCC[C@H]2C(=O)O)c1.Cc1cc(C)cc(C(=O)N2CCC[C@H]2C(=O)O)c1.[Rh]. The van der Waals surface area contributed by atoms with E-state index < -0.39 is 24.0 Å². The van der Waals surface area contributed by atoms with Crippen LogP contribution in [0.1, 0.15) is 68.7 Å². The molecule has 2 amide bonds. The first-order valence-electron chi connectivity index (χ1n) is 12.2. The molecule has 0 unspecified atom stereocenters. The number of nitrogens with zero attached hydrogens (tertiary/aromatic N) is 2. The molecule has 4 rings (SSSR count). The predicted octanol–water partition coefficient (Wildman–Crippen LogP) is 3.98. The smallest absolute Gasteiger partial charge is 0.326 e. The van der Waals surface area contributed by atoms with Crippen LogP contribution in [-0.2, 0) is 29.1 Å². The van der Waals surface area contributed by atoms with Crippen LogP contribution in [-0.4, -0.2) is 68.9 Å². The topological polar surface area (TPSA) is 115 Å². The maximum atomic E-state index is 12.3. The van der Waals surface area contributed by atoms with Gasteiger partial charge in [-0.05, 0) is 77.6 Å². The third-order valence-corrected chi connectivity index (χ3v) is 6.53. The number of carbonyl (C=O) groups is 4. The number of carbonyl (C=O) groups excluding carboxylic acids is 2. The summed E-state index contributed by atoms with van der Waals surface area (Å²) in [5, 5.41) is 18.2. The van der Waals surface area contributed by atoms with Crippen LogP contribution in [0.2, 0.25) is 0 Å². The van der Waals surface area contributed by atoms with Gasteiger partial charge in [0.25, 0.3) is 11.8 Å². The van der Waals surface area contributed by atoms with E-state index >= 15 is 0 Å². The molecule has 2 N–H and O–H groups in total. The summed E-state index contributed by atoms with van der Waals surface area (Å²) in [6.45, 7) is 8.79. The van der Waals surface area contributed by atoms with E-state index in [0.29, 0.717) is 37.1 Å². The van der Waals surface area contributed by atoms with Gasteiger partial charge in [-0.1, -0.05) is 34.4 Å². The van der Waals surface area contributed by atoms with Gasteiger partial charge in [0, 0.05) is 43.7 Å². The van der Waals surface area contributed by atoms with Crippen molar-refractivity contribution in [3.63, 3.8) is 0 Å². The summed E-state index contributed by atoms with van der Waals surface area (Å²) < 4.78 is 0. The molecule has 0 spiro atoms. The third-order valence-electron chi connectivity index (χ3n) is 6.53. The molecule has 0 bridgehead atoms. The second kappa shape index (κ2) is 13.0. The van der Waals surface area contributed by atoms with Crippen LogP contribution in [0.15, 0.2) is 36.4 Å². The summed E-state index contributed by atoms with van der Waals surface area (Å²) in [5.74, 6) is -2.17. The van der Waals surface area contributed by atoms with Crippen LogP contribution in [0.4, 0.5) is 0 Å². The largest absolute Gasteiger partial charge is 0.480 e. The van der Waals surface area contributed by atoms with E-state index in [0.717, 1.165) is 35.1 Å². The zero-order valence-electron chi connectivity index (χ0n) is 21.6. The second-order valence-electron chi connectivity index (χ2n) is 9.74. The van der Waals surface area contributed by atoms with Gasteiger partial charge in [0.1, 0.15) is 12.1 Å². The zero-order valence-corrected chi connectivity index (χ0v) is 23.3. The molecule has 2 saturated heterocycles. The van der Waals surface area contributed by atoms with E-state index in [4.69, 9.17) is 10.2 Å². The average molecular weight is 597 g/mol. The van der Waals surface area contributed by atoms with E-state index in [1.54, 1.807) is 0 Å². The van der Waals surface area contributed by atoms with Gasteiger partial charge in [-0.25, -0.2) is 9.59 Å². The van der Waals surface area contributed by atoms with Crippen molar-refractivity contribution in [3.05, 3.63) is 69.8 Å². The second-order valence-corrected chi connectivity index (χ2v) is 9.74. The molecule has 2 aromatic rings. The first-order valence-corrected chi connectivity index (χ1v) is 12.2. The minimum Gasteiger partial charge on any atom is -0.480 e. The molecule has 2 heterocycles. The monoisotopic (exact) mass is 597 g/mol. The molecule has 2 aliphatic rings. The van der Waals surface area contributed by atoms with Crippen molar-refractivity contribution in [1.82, 2.24) is 9.80 Å². The Morgan fingerprint density at radius 2 is 0.919 bits per heavy atom. The molecule has 0 saturated carbocycles. The maximum Gasteiger partial charge on any atom is 0.326 e. The molecule has 8 nitrogen and oxygen atoms in total. The van der Waals surface area contributed by atoms with Crippen LogP contribution in [0.5, 0.6) is 0 Å². The van der Waals surface area contributed by atoms with Crippen LogP contribution in [0.25, 0.3) is 0 Å². The fourth-order valence-electron chi connectivity index (χ4n) is 5.06. The Kier molecular flexibility index (Phi) is 10.6. The fourth-order valence-corrected chi connectivity index (χ4v) is 5.06. The van der Waals surface area contributed by atoms with E-state index in [1.807, 2.05) is 64.1 Å². The van der Waals surface area contributed by atoms with Gasteiger partial charge in [0.05, 0.1) is 0 Å². The molecule has 201 valence electrons. The number of carboxylic acids is 2. The van der Waals surface area contributed by atoms with Gasteiger partial charge in [-0.3, -0.25) is 9.59 Å². The molecule has 2 fully saturated rings. The molecule has 2 atom stereocenters. The number of aliphatic carboxylic acids is 2. The van der Waals surface area contributed by atoms with Gasteiger partial charge in [0.15, 0.2) is 0 Å². The van der Waals surface area contributed by atoms with Gasteiger partial charge < -0.3 is 20.0 Å². The molecular formula is C28H34N2O6Rh. The number of rotatable bonds is 4. The normalized spacial score (nSPS) is 18.5. The Hall–Kier alpha value is -3.06. The minimum absolute atomic E-state index is 0.